The minimum absolute atomic E-state index is 0.0461. The standard InChI is InChI=1S/C68H60N8O14/c1-5-81-61(77)37-85-65-41-25-43-31-54-33-45(66(43)86-38-62(78)82-6-2)27-47-35-56-36-48(68(47)88-40-64(80)84-8-4)28-46-34-55(75-71-51-13-21-59(22-14-51)90-58-19-11-50(12-20-58)70-74-54)32-44(67(46)87-39-63(79)83-7-3)26-42(65)30-53(29-41)73-69-49-9-17-57(18-10-49)89-60-23-15-52(16-24-60)72-76-56/h9-24,29-36H,5-8,25-28,37-40H2,1-4H3. The van der Waals surface area contributed by atoms with Gasteiger partial charge in [0.05, 0.1) is 71.9 Å². The lowest BCUT2D eigenvalue weighted by molar-refractivity contribution is -0.146. The Morgan fingerprint density at radius 1 is 0.289 bits per heavy atom. The van der Waals surface area contributed by atoms with E-state index in [9.17, 15) is 19.2 Å². The number of azo groups is 4. The number of hydrogen-bond acceptors (Lipinski definition) is 22. The first-order valence-electron chi connectivity index (χ1n) is 29.1. The van der Waals surface area contributed by atoms with Gasteiger partial charge in [-0.25, -0.2) is 19.2 Å². The van der Waals surface area contributed by atoms with E-state index < -0.39 is 50.3 Å². The molecule has 8 aromatic rings. The van der Waals surface area contributed by atoms with E-state index in [4.69, 9.17) is 88.3 Å². The van der Waals surface area contributed by atoms with Gasteiger partial charge in [-0.2, -0.15) is 40.9 Å². The van der Waals surface area contributed by atoms with E-state index in [1.807, 2.05) is 0 Å². The highest BCUT2D eigenvalue weighted by Gasteiger charge is 2.27. The second-order valence-corrected chi connectivity index (χ2v) is 20.4. The van der Waals surface area contributed by atoms with Crippen LogP contribution in [0, 0.1) is 0 Å². The molecule has 20 bridgehead atoms. The predicted molar refractivity (Wildman–Crippen MR) is 328 cm³/mol. The second kappa shape index (κ2) is 28.6. The second-order valence-electron chi connectivity index (χ2n) is 20.4. The minimum atomic E-state index is -0.643. The van der Waals surface area contributed by atoms with E-state index in [0.717, 1.165) is 0 Å². The van der Waals surface area contributed by atoms with Gasteiger partial charge < -0.3 is 47.4 Å². The van der Waals surface area contributed by atoms with Gasteiger partial charge >= 0.3 is 23.9 Å². The summed E-state index contributed by atoms with van der Waals surface area (Å²) in [6, 6.07) is 42.4. The molecule has 0 unspecified atom stereocenters. The van der Waals surface area contributed by atoms with Gasteiger partial charge in [0.2, 0.25) is 0 Å². The average Bonchev–Trinajstić information content (AvgIpc) is 1.35. The van der Waals surface area contributed by atoms with Crippen LogP contribution in [0.25, 0.3) is 0 Å². The molecule has 0 N–H and O–H groups in total. The van der Waals surface area contributed by atoms with Crippen molar-refractivity contribution in [3.05, 3.63) is 190 Å². The molecule has 0 saturated heterocycles. The number of carbonyl (C=O) groups is 4. The van der Waals surface area contributed by atoms with Gasteiger partial charge in [0.25, 0.3) is 0 Å². The van der Waals surface area contributed by atoms with Crippen LogP contribution in [-0.2, 0) is 63.8 Å². The summed E-state index contributed by atoms with van der Waals surface area (Å²) in [5.74, 6) is 0.539. The highest BCUT2D eigenvalue weighted by Crippen LogP contribution is 2.45. The molecule has 456 valence electrons. The fourth-order valence-electron chi connectivity index (χ4n) is 10.2. The summed E-state index contributed by atoms with van der Waals surface area (Å²) in [7, 11) is 0. The summed E-state index contributed by atoms with van der Waals surface area (Å²) in [5, 5.41) is 38.1. The molecule has 90 heavy (non-hydrogen) atoms. The van der Waals surface area contributed by atoms with Crippen molar-refractivity contribution in [2.45, 2.75) is 53.4 Å². The SMILES string of the molecule is CCOC(=O)COc1c2cc3cc1Cc1cc4cc(c1OCC(=O)OCC)Cc1cc(cc(c1OCC(=O)OCC)Cc1cc(cc(c1OCC(=O)OCC)C2)N=Nc1ccc(cc1)Oc1ccc(cc1)N=N4)N=Nc1ccc(cc1)Oc1ccc(cc1)N=N3. The third-order valence-electron chi connectivity index (χ3n) is 13.9. The van der Waals surface area contributed by atoms with Crippen molar-refractivity contribution < 1.29 is 66.5 Å². The van der Waals surface area contributed by atoms with Gasteiger partial charge in [0.15, 0.2) is 26.4 Å². The molecule has 22 nitrogen and oxygen atoms in total. The first kappa shape index (κ1) is 60.5. The molecule has 0 saturated carbocycles. The highest BCUT2D eigenvalue weighted by atomic mass is 16.6. The molecule has 1 aliphatic carbocycles. The first-order chi connectivity index (χ1) is 43.9. The molecule has 12 aliphatic heterocycles. The normalized spacial score (nSPS) is 12.6. The van der Waals surface area contributed by atoms with Crippen molar-refractivity contribution in [1.29, 1.82) is 0 Å². The monoisotopic (exact) mass is 1210 g/mol. The summed E-state index contributed by atoms with van der Waals surface area (Å²) >= 11 is 0. The summed E-state index contributed by atoms with van der Waals surface area (Å²) in [4.78, 5) is 53.9. The predicted octanol–water partition coefficient (Wildman–Crippen LogP) is 16.0. The largest absolute Gasteiger partial charge is 0.481 e. The van der Waals surface area contributed by atoms with E-state index in [0.29, 0.717) is 113 Å². The van der Waals surface area contributed by atoms with Crippen LogP contribution in [0.1, 0.15) is 72.2 Å². The van der Waals surface area contributed by atoms with Crippen molar-refractivity contribution in [2.75, 3.05) is 52.9 Å². The van der Waals surface area contributed by atoms with Crippen molar-refractivity contribution in [3.8, 4) is 46.0 Å². The summed E-state index contributed by atoms with van der Waals surface area (Å²) in [5.41, 5.74) is 7.07. The maximum Gasteiger partial charge on any atom is 0.344 e. The highest BCUT2D eigenvalue weighted by molar-refractivity contribution is 5.74. The van der Waals surface area contributed by atoms with E-state index in [-0.39, 0.29) is 75.1 Å². The van der Waals surface area contributed by atoms with Crippen molar-refractivity contribution in [2.24, 2.45) is 40.9 Å². The molecule has 12 heterocycles. The van der Waals surface area contributed by atoms with Crippen LogP contribution in [0.2, 0.25) is 0 Å². The third-order valence-corrected chi connectivity index (χ3v) is 13.9. The quantitative estimate of drug-likeness (QED) is 0.0644. The molecule has 8 aromatic carbocycles. The van der Waals surface area contributed by atoms with Crippen LogP contribution in [0.4, 0.5) is 45.5 Å². The van der Waals surface area contributed by atoms with Gasteiger partial charge in [0, 0.05) is 70.2 Å². The zero-order valence-corrected chi connectivity index (χ0v) is 49.6. The molecule has 22 heteroatoms. The van der Waals surface area contributed by atoms with E-state index in [1.54, 1.807) is 173 Å². The van der Waals surface area contributed by atoms with Gasteiger partial charge in [0.1, 0.15) is 46.0 Å². The molecule has 0 aromatic heterocycles. The third kappa shape index (κ3) is 15.5. The van der Waals surface area contributed by atoms with E-state index in [1.165, 1.54) is 0 Å². The summed E-state index contributed by atoms with van der Waals surface area (Å²) in [6.45, 7) is 5.05. The Balaban J connectivity index is 1.27. The Kier molecular flexibility index (Phi) is 19.2. The molecular formula is C68H60N8O14. The Hall–Kier alpha value is -11.2. The van der Waals surface area contributed by atoms with Gasteiger partial charge in [-0.3, -0.25) is 0 Å². The van der Waals surface area contributed by atoms with Crippen molar-refractivity contribution in [3.63, 3.8) is 0 Å². The number of ether oxygens (including phenoxy) is 10. The van der Waals surface area contributed by atoms with Crippen LogP contribution >= 0.6 is 0 Å². The van der Waals surface area contributed by atoms with Gasteiger partial charge in [-0.05, 0) is 173 Å². The number of carbonyl (C=O) groups excluding carboxylic acids is 4. The molecule has 0 radical (unpaired) electrons. The van der Waals surface area contributed by atoms with E-state index in [2.05, 4.69) is 0 Å². The van der Waals surface area contributed by atoms with Crippen LogP contribution < -0.4 is 28.4 Å². The topological polar surface area (TPSA) is 259 Å². The lowest BCUT2D eigenvalue weighted by Gasteiger charge is -2.23. The zero-order chi connectivity index (χ0) is 62.3. The Labute approximate surface area is 517 Å². The molecule has 0 spiro atoms. The first-order valence-corrected chi connectivity index (χ1v) is 29.1. The maximum absolute atomic E-state index is 13.5. The summed E-state index contributed by atoms with van der Waals surface area (Å²) < 4.78 is 60.8. The Bertz CT molecular complexity index is 3480. The molecule has 0 amide bonds. The number of esters is 4. The maximum atomic E-state index is 13.5. The van der Waals surface area contributed by atoms with Crippen molar-refractivity contribution >= 4 is 69.4 Å². The van der Waals surface area contributed by atoms with Crippen molar-refractivity contribution in [1.82, 2.24) is 0 Å². The van der Waals surface area contributed by atoms with Crippen LogP contribution in [-0.4, -0.2) is 76.7 Å². The smallest absolute Gasteiger partial charge is 0.344 e. The number of nitrogens with zero attached hydrogens (tertiary/aromatic N) is 8. The fourth-order valence-corrected chi connectivity index (χ4v) is 10.2. The van der Waals surface area contributed by atoms with Crippen LogP contribution in [0.3, 0.4) is 0 Å². The van der Waals surface area contributed by atoms with Gasteiger partial charge in [-0.15, -0.1) is 0 Å². The van der Waals surface area contributed by atoms with Gasteiger partial charge in [-0.1, -0.05) is 0 Å². The molecule has 0 atom stereocenters. The fraction of sp³-hybridized carbons (Fsp3) is 0.235. The number of benzene rings is 8. The minimum Gasteiger partial charge on any atom is -0.481 e. The van der Waals surface area contributed by atoms with Crippen LogP contribution in [0.5, 0.6) is 46.0 Å². The van der Waals surface area contributed by atoms with E-state index >= 15 is 0 Å². The zero-order valence-electron chi connectivity index (χ0n) is 49.6. The number of rotatable bonds is 16. The molecule has 21 rings (SSSR count). The lowest BCUT2D eigenvalue weighted by atomic mass is 9.90. The average molecular weight is 1210 g/mol. The summed E-state index contributed by atoms with van der Waals surface area (Å²) in [6.07, 6.45) is -0.184. The molecular weight excluding hydrogens is 1150 g/mol. The molecule has 0 fully saturated rings. The number of hydrogen-bond donors (Lipinski definition) is 0. The Morgan fingerprint density at radius 3 is 0.644 bits per heavy atom. The Morgan fingerprint density at radius 2 is 0.467 bits per heavy atom. The lowest BCUT2D eigenvalue weighted by Crippen LogP contribution is -2.18. The molecule has 13 aliphatic rings. The van der Waals surface area contributed by atoms with Crippen LogP contribution in [0.15, 0.2) is 187 Å².